The minimum absolute atomic E-state index is 0.0341. The van der Waals surface area contributed by atoms with E-state index in [2.05, 4.69) is 5.32 Å². The highest BCUT2D eigenvalue weighted by Crippen LogP contribution is 2.39. The first-order chi connectivity index (χ1) is 14.0. The molecule has 2 aromatic carbocycles. The molecule has 1 heterocycles. The molecule has 0 saturated heterocycles. The van der Waals surface area contributed by atoms with E-state index >= 15 is 0 Å². The Morgan fingerprint density at radius 2 is 1.93 bits per heavy atom. The fourth-order valence-corrected chi connectivity index (χ4v) is 3.96. The van der Waals surface area contributed by atoms with Crippen LogP contribution in [0.4, 0.5) is 17.1 Å². The zero-order valence-corrected chi connectivity index (χ0v) is 17.0. The maximum Gasteiger partial charge on any atom is 0.244 e. The number of hydrogen-bond acceptors (Lipinski definition) is 4. The van der Waals surface area contributed by atoms with Gasteiger partial charge in [0.05, 0.1) is 24.4 Å². The molecule has 0 aromatic heterocycles. The zero-order chi connectivity index (χ0) is 20.5. The highest BCUT2D eigenvalue weighted by atomic mass is 16.5. The van der Waals surface area contributed by atoms with Gasteiger partial charge in [0, 0.05) is 11.4 Å². The number of nitrogens with zero attached hydrogens (tertiary/aromatic N) is 2. The number of carbonyl (C=O) groups is 2. The fourth-order valence-electron chi connectivity index (χ4n) is 3.96. The average molecular weight is 391 g/mol. The molecule has 150 valence electrons. The molecule has 1 saturated carbocycles. The largest absolute Gasteiger partial charge is 0.497 e. The Morgan fingerprint density at radius 3 is 2.66 bits per heavy atom. The van der Waals surface area contributed by atoms with Crippen LogP contribution >= 0.6 is 0 Å². The lowest BCUT2D eigenvalue weighted by Gasteiger charge is -2.25. The lowest BCUT2D eigenvalue weighted by atomic mass is 10.0. The Labute approximate surface area is 170 Å². The number of anilines is 2. The van der Waals surface area contributed by atoms with Crippen molar-refractivity contribution in [2.45, 2.75) is 33.1 Å². The number of carbonyl (C=O) groups excluding carboxylic acids is 2. The maximum absolute atomic E-state index is 13.3. The molecule has 1 N–H and O–H groups in total. The third-order valence-electron chi connectivity index (χ3n) is 5.71. The Bertz CT molecular complexity index is 995. The molecule has 2 aromatic rings. The number of methoxy groups -OCH3 is 1. The van der Waals surface area contributed by atoms with Crippen LogP contribution in [0.5, 0.6) is 5.75 Å². The normalized spacial score (nSPS) is 17.9. The predicted molar refractivity (Wildman–Crippen MR) is 114 cm³/mol. The fraction of sp³-hybridized carbons (Fsp3) is 0.348. The van der Waals surface area contributed by atoms with Crippen molar-refractivity contribution in [1.82, 2.24) is 0 Å². The summed E-state index contributed by atoms with van der Waals surface area (Å²) in [6.45, 7) is 4.00. The molecule has 0 radical (unpaired) electrons. The van der Waals surface area contributed by atoms with E-state index in [1.165, 1.54) is 0 Å². The first-order valence-electron chi connectivity index (χ1n) is 9.90. The number of nitrogens with one attached hydrogen (secondary N) is 1. The highest BCUT2D eigenvalue weighted by molar-refractivity contribution is 6.16. The van der Waals surface area contributed by atoms with Crippen LogP contribution in [-0.4, -0.2) is 31.2 Å². The molecule has 1 aliphatic carbocycles. The standard InChI is InChI=1S/C23H25N3O3/c1-14-11-20-21(12-15(14)2)26(23(28)18-5-4-6-19(18)25-20)13-22(27)24-16-7-9-17(29-3)10-8-16/h7-12,18H,4-6,13H2,1-3H3,(H,24,27). The van der Waals surface area contributed by atoms with E-state index in [1.807, 2.05) is 26.0 Å². The minimum Gasteiger partial charge on any atom is -0.497 e. The van der Waals surface area contributed by atoms with E-state index in [1.54, 1.807) is 36.3 Å². The molecule has 6 nitrogen and oxygen atoms in total. The number of benzene rings is 2. The molecule has 2 aliphatic rings. The molecular weight excluding hydrogens is 366 g/mol. The quantitative estimate of drug-likeness (QED) is 0.850. The van der Waals surface area contributed by atoms with Gasteiger partial charge in [-0.15, -0.1) is 0 Å². The summed E-state index contributed by atoms with van der Waals surface area (Å²) >= 11 is 0. The number of rotatable bonds is 4. The summed E-state index contributed by atoms with van der Waals surface area (Å²) in [6, 6.07) is 11.1. The molecule has 0 spiro atoms. The summed E-state index contributed by atoms with van der Waals surface area (Å²) in [5.41, 5.74) is 5.29. The van der Waals surface area contributed by atoms with Crippen molar-refractivity contribution < 1.29 is 14.3 Å². The van der Waals surface area contributed by atoms with Gasteiger partial charge in [0.25, 0.3) is 0 Å². The van der Waals surface area contributed by atoms with Crippen LogP contribution in [0.3, 0.4) is 0 Å². The SMILES string of the molecule is COc1ccc(NC(=O)CN2C(=O)C3CCCC3=Nc3cc(C)c(C)cc32)cc1. The van der Waals surface area contributed by atoms with E-state index in [0.717, 1.165) is 47.5 Å². The van der Waals surface area contributed by atoms with Crippen molar-refractivity contribution in [1.29, 1.82) is 0 Å². The number of aryl methyl sites for hydroxylation is 2. The number of aliphatic imine (C=N–C) groups is 1. The second kappa shape index (κ2) is 7.70. The van der Waals surface area contributed by atoms with Gasteiger partial charge in [-0.3, -0.25) is 14.6 Å². The van der Waals surface area contributed by atoms with Gasteiger partial charge in [-0.25, -0.2) is 0 Å². The molecule has 2 amide bonds. The Balaban J connectivity index is 1.62. The third-order valence-corrected chi connectivity index (χ3v) is 5.71. The molecule has 4 rings (SSSR count). The van der Waals surface area contributed by atoms with Gasteiger partial charge in [0.15, 0.2) is 0 Å². The van der Waals surface area contributed by atoms with Crippen LogP contribution in [-0.2, 0) is 9.59 Å². The summed E-state index contributed by atoms with van der Waals surface area (Å²) < 4.78 is 5.15. The lowest BCUT2D eigenvalue weighted by Crippen LogP contribution is -2.41. The monoisotopic (exact) mass is 391 g/mol. The number of hydrogen-bond donors (Lipinski definition) is 1. The molecule has 1 fully saturated rings. The van der Waals surface area contributed by atoms with Crippen molar-refractivity contribution in [2.24, 2.45) is 10.9 Å². The van der Waals surface area contributed by atoms with Gasteiger partial charge in [0.1, 0.15) is 12.3 Å². The van der Waals surface area contributed by atoms with Crippen LogP contribution in [0, 0.1) is 19.8 Å². The van der Waals surface area contributed by atoms with Gasteiger partial charge >= 0.3 is 0 Å². The van der Waals surface area contributed by atoms with Crippen molar-refractivity contribution in [3.05, 3.63) is 47.5 Å². The van der Waals surface area contributed by atoms with Crippen LogP contribution in [0.15, 0.2) is 41.4 Å². The first kappa shape index (κ1) is 19.2. The summed E-state index contributed by atoms with van der Waals surface area (Å²) in [5.74, 6) is 0.218. The van der Waals surface area contributed by atoms with Crippen LogP contribution in [0.1, 0.15) is 30.4 Å². The third kappa shape index (κ3) is 3.75. The first-order valence-corrected chi connectivity index (χ1v) is 9.90. The second-order valence-electron chi connectivity index (χ2n) is 7.67. The average Bonchev–Trinajstić information content (AvgIpc) is 3.14. The molecule has 0 bridgehead atoms. The second-order valence-corrected chi connectivity index (χ2v) is 7.67. The van der Waals surface area contributed by atoms with Crippen LogP contribution < -0.4 is 15.0 Å². The topological polar surface area (TPSA) is 71.0 Å². The summed E-state index contributed by atoms with van der Waals surface area (Å²) in [4.78, 5) is 32.5. The Hall–Kier alpha value is -3.15. The Kier molecular flexibility index (Phi) is 5.09. The van der Waals surface area contributed by atoms with Gasteiger partial charge in [-0.2, -0.15) is 0 Å². The van der Waals surface area contributed by atoms with Gasteiger partial charge in [-0.05, 0) is 80.6 Å². The smallest absolute Gasteiger partial charge is 0.244 e. The molecule has 29 heavy (non-hydrogen) atoms. The molecular formula is C23H25N3O3. The number of fused-ring (bicyclic) bond motifs is 2. The summed E-state index contributed by atoms with van der Waals surface area (Å²) in [6.07, 6.45) is 2.59. The van der Waals surface area contributed by atoms with Crippen molar-refractivity contribution >= 4 is 34.6 Å². The molecule has 6 heteroatoms. The van der Waals surface area contributed by atoms with Crippen molar-refractivity contribution in [2.75, 3.05) is 23.9 Å². The maximum atomic E-state index is 13.3. The van der Waals surface area contributed by atoms with E-state index in [-0.39, 0.29) is 24.3 Å². The molecule has 1 aliphatic heterocycles. The number of amides is 2. The van der Waals surface area contributed by atoms with Crippen LogP contribution in [0.25, 0.3) is 0 Å². The van der Waals surface area contributed by atoms with Gasteiger partial charge in [0.2, 0.25) is 11.8 Å². The molecule has 1 atom stereocenters. The van der Waals surface area contributed by atoms with Crippen LogP contribution in [0.2, 0.25) is 0 Å². The van der Waals surface area contributed by atoms with Crippen molar-refractivity contribution in [3.8, 4) is 5.75 Å². The van der Waals surface area contributed by atoms with Gasteiger partial charge < -0.3 is 15.0 Å². The highest BCUT2D eigenvalue weighted by Gasteiger charge is 2.37. The Morgan fingerprint density at radius 1 is 1.21 bits per heavy atom. The van der Waals surface area contributed by atoms with Crippen molar-refractivity contribution in [3.63, 3.8) is 0 Å². The lowest BCUT2D eigenvalue weighted by molar-refractivity contribution is -0.122. The van der Waals surface area contributed by atoms with E-state index in [4.69, 9.17) is 9.73 Å². The zero-order valence-electron chi connectivity index (χ0n) is 17.0. The van der Waals surface area contributed by atoms with E-state index in [9.17, 15) is 9.59 Å². The van der Waals surface area contributed by atoms with Gasteiger partial charge in [-0.1, -0.05) is 0 Å². The number of ether oxygens (including phenoxy) is 1. The van der Waals surface area contributed by atoms with E-state index in [0.29, 0.717) is 11.4 Å². The summed E-state index contributed by atoms with van der Waals surface area (Å²) in [7, 11) is 1.60. The minimum atomic E-state index is -0.242. The summed E-state index contributed by atoms with van der Waals surface area (Å²) in [5, 5.41) is 2.87. The van der Waals surface area contributed by atoms with E-state index < -0.39 is 0 Å². The predicted octanol–water partition coefficient (Wildman–Crippen LogP) is 4.17. The molecule has 1 unspecified atom stereocenters.